The SMILES string of the molecule is O=C(O)C[C@@H](CC(=O)Nc1nc(-c2ccccc2)cs1)c1ccccc1. The highest BCUT2D eigenvalue weighted by atomic mass is 32.1. The minimum absolute atomic E-state index is 0.0927. The maximum Gasteiger partial charge on any atom is 0.303 e. The minimum atomic E-state index is -0.924. The van der Waals surface area contributed by atoms with Gasteiger partial charge < -0.3 is 10.4 Å². The Balaban J connectivity index is 1.67. The number of nitrogens with one attached hydrogen (secondary N) is 1. The zero-order chi connectivity index (χ0) is 18.4. The number of hydrogen-bond acceptors (Lipinski definition) is 4. The van der Waals surface area contributed by atoms with Crippen LogP contribution < -0.4 is 5.32 Å². The third kappa shape index (κ3) is 4.77. The molecule has 26 heavy (non-hydrogen) atoms. The van der Waals surface area contributed by atoms with Gasteiger partial charge in [-0.15, -0.1) is 11.3 Å². The van der Waals surface area contributed by atoms with E-state index in [0.717, 1.165) is 16.8 Å². The summed E-state index contributed by atoms with van der Waals surface area (Å²) in [6, 6.07) is 19.0. The van der Waals surface area contributed by atoms with Crippen molar-refractivity contribution in [3.63, 3.8) is 0 Å². The average molecular weight is 366 g/mol. The van der Waals surface area contributed by atoms with Crippen LogP contribution >= 0.6 is 11.3 Å². The lowest BCUT2D eigenvalue weighted by molar-refractivity contribution is -0.137. The summed E-state index contributed by atoms with van der Waals surface area (Å²) >= 11 is 1.35. The van der Waals surface area contributed by atoms with E-state index in [1.54, 1.807) is 0 Å². The largest absolute Gasteiger partial charge is 0.481 e. The molecule has 0 bridgehead atoms. The van der Waals surface area contributed by atoms with Crippen LogP contribution in [-0.4, -0.2) is 22.0 Å². The van der Waals surface area contributed by atoms with E-state index in [1.807, 2.05) is 66.0 Å². The van der Waals surface area contributed by atoms with Gasteiger partial charge in [-0.25, -0.2) is 4.98 Å². The first-order valence-corrected chi connectivity index (χ1v) is 9.07. The van der Waals surface area contributed by atoms with Crippen molar-refractivity contribution >= 4 is 28.3 Å². The lowest BCUT2D eigenvalue weighted by Gasteiger charge is -2.14. The van der Waals surface area contributed by atoms with Crippen LogP contribution in [0.4, 0.5) is 5.13 Å². The summed E-state index contributed by atoms with van der Waals surface area (Å²) in [5.41, 5.74) is 2.63. The molecule has 2 N–H and O–H groups in total. The van der Waals surface area contributed by atoms with Gasteiger partial charge in [0.2, 0.25) is 5.91 Å². The number of rotatable bonds is 7. The van der Waals surface area contributed by atoms with Crippen LogP contribution in [0.25, 0.3) is 11.3 Å². The monoisotopic (exact) mass is 366 g/mol. The van der Waals surface area contributed by atoms with Crippen LogP contribution in [0.5, 0.6) is 0 Å². The van der Waals surface area contributed by atoms with Crippen LogP contribution in [0.1, 0.15) is 24.3 Å². The molecule has 3 rings (SSSR count). The number of aromatic nitrogens is 1. The molecule has 1 heterocycles. The first-order valence-electron chi connectivity index (χ1n) is 8.19. The van der Waals surface area contributed by atoms with Crippen molar-refractivity contribution in [1.29, 1.82) is 0 Å². The molecule has 132 valence electrons. The summed E-state index contributed by atoms with van der Waals surface area (Å²) in [5.74, 6) is -1.54. The quantitative estimate of drug-likeness (QED) is 0.650. The van der Waals surface area contributed by atoms with Gasteiger partial charge in [-0.3, -0.25) is 9.59 Å². The van der Waals surface area contributed by atoms with E-state index in [1.165, 1.54) is 11.3 Å². The zero-order valence-electron chi connectivity index (χ0n) is 14.0. The second-order valence-corrected chi connectivity index (χ2v) is 6.72. The second-order valence-electron chi connectivity index (χ2n) is 5.86. The van der Waals surface area contributed by atoms with Gasteiger partial charge in [-0.1, -0.05) is 60.7 Å². The number of benzene rings is 2. The fraction of sp³-hybridized carbons (Fsp3) is 0.150. The predicted octanol–water partition coefficient (Wildman–Crippen LogP) is 4.40. The van der Waals surface area contributed by atoms with E-state index < -0.39 is 5.97 Å². The lowest BCUT2D eigenvalue weighted by atomic mass is 9.92. The molecule has 1 amide bonds. The number of carboxylic acid groups (broad SMARTS) is 1. The molecule has 1 atom stereocenters. The number of nitrogens with zero attached hydrogens (tertiary/aromatic N) is 1. The summed E-state index contributed by atoms with van der Waals surface area (Å²) in [6.45, 7) is 0. The van der Waals surface area contributed by atoms with Gasteiger partial charge in [0.05, 0.1) is 12.1 Å². The topological polar surface area (TPSA) is 79.3 Å². The highest BCUT2D eigenvalue weighted by Gasteiger charge is 2.20. The molecule has 0 unspecified atom stereocenters. The molecule has 0 spiro atoms. The Bertz CT molecular complexity index is 878. The van der Waals surface area contributed by atoms with Gasteiger partial charge in [0.1, 0.15) is 0 Å². The van der Waals surface area contributed by atoms with Gasteiger partial charge in [-0.05, 0) is 5.56 Å². The van der Waals surface area contributed by atoms with Crippen LogP contribution in [-0.2, 0) is 9.59 Å². The van der Waals surface area contributed by atoms with Crippen molar-refractivity contribution in [2.75, 3.05) is 5.32 Å². The number of carbonyl (C=O) groups is 2. The second kappa shape index (κ2) is 8.40. The molecular weight excluding hydrogens is 348 g/mol. The number of hydrogen-bond donors (Lipinski definition) is 2. The Labute approximate surface area is 155 Å². The van der Waals surface area contributed by atoms with Crippen molar-refractivity contribution in [3.8, 4) is 11.3 Å². The van der Waals surface area contributed by atoms with E-state index in [0.29, 0.717) is 5.13 Å². The third-order valence-electron chi connectivity index (χ3n) is 3.94. The Kier molecular flexibility index (Phi) is 5.76. The molecule has 0 saturated heterocycles. The predicted molar refractivity (Wildman–Crippen MR) is 102 cm³/mol. The van der Waals surface area contributed by atoms with Crippen LogP contribution in [0.15, 0.2) is 66.0 Å². The zero-order valence-corrected chi connectivity index (χ0v) is 14.8. The Morgan fingerprint density at radius 3 is 2.31 bits per heavy atom. The fourth-order valence-corrected chi connectivity index (χ4v) is 3.45. The Morgan fingerprint density at radius 1 is 1.00 bits per heavy atom. The van der Waals surface area contributed by atoms with E-state index in [4.69, 9.17) is 5.11 Å². The van der Waals surface area contributed by atoms with Crippen molar-refractivity contribution in [2.24, 2.45) is 0 Å². The van der Waals surface area contributed by atoms with Gasteiger partial charge in [-0.2, -0.15) is 0 Å². The standard InChI is InChI=1S/C20H18N2O3S/c23-18(11-16(12-19(24)25)14-7-3-1-4-8-14)22-20-21-17(13-26-20)15-9-5-2-6-10-15/h1-10,13,16H,11-12H2,(H,24,25)(H,21,22,23)/t16-/m1/s1. The van der Waals surface area contributed by atoms with Gasteiger partial charge in [0.15, 0.2) is 5.13 Å². The number of aliphatic carboxylic acids is 1. The fourth-order valence-electron chi connectivity index (χ4n) is 2.71. The van der Waals surface area contributed by atoms with Crippen LogP contribution in [0.3, 0.4) is 0 Å². The number of anilines is 1. The molecule has 2 aromatic carbocycles. The number of carbonyl (C=O) groups excluding carboxylic acids is 1. The molecule has 0 aliphatic carbocycles. The van der Waals surface area contributed by atoms with E-state index in [2.05, 4.69) is 10.3 Å². The number of amides is 1. The summed E-state index contributed by atoms with van der Waals surface area (Å²) < 4.78 is 0. The summed E-state index contributed by atoms with van der Waals surface area (Å²) in [5, 5.41) is 14.3. The first kappa shape index (κ1) is 17.8. The molecule has 0 saturated carbocycles. The maximum atomic E-state index is 12.4. The highest BCUT2D eigenvalue weighted by Crippen LogP contribution is 2.27. The Morgan fingerprint density at radius 2 is 1.65 bits per heavy atom. The van der Waals surface area contributed by atoms with Crippen molar-refractivity contribution in [2.45, 2.75) is 18.8 Å². The van der Waals surface area contributed by atoms with E-state index in [-0.39, 0.29) is 24.7 Å². The molecular formula is C20H18N2O3S. The lowest BCUT2D eigenvalue weighted by Crippen LogP contribution is -2.17. The molecule has 5 nitrogen and oxygen atoms in total. The molecule has 0 aliphatic heterocycles. The number of carboxylic acids is 1. The third-order valence-corrected chi connectivity index (χ3v) is 4.70. The van der Waals surface area contributed by atoms with Gasteiger partial charge in [0.25, 0.3) is 0 Å². The first-order chi connectivity index (χ1) is 12.6. The summed E-state index contributed by atoms with van der Waals surface area (Å²) in [6.07, 6.45) is 0.00112. The molecule has 1 aromatic heterocycles. The Hall–Kier alpha value is -2.99. The van der Waals surface area contributed by atoms with Gasteiger partial charge in [0, 0.05) is 23.3 Å². The van der Waals surface area contributed by atoms with Crippen LogP contribution in [0, 0.1) is 0 Å². The van der Waals surface area contributed by atoms with Crippen molar-refractivity contribution in [1.82, 2.24) is 4.98 Å². The molecule has 0 aliphatic rings. The van der Waals surface area contributed by atoms with Gasteiger partial charge >= 0.3 is 5.97 Å². The normalized spacial score (nSPS) is 11.7. The summed E-state index contributed by atoms with van der Waals surface area (Å²) in [7, 11) is 0. The smallest absolute Gasteiger partial charge is 0.303 e. The average Bonchev–Trinajstić information content (AvgIpc) is 3.10. The van der Waals surface area contributed by atoms with Crippen LogP contribution in [0.2, 0.25) is 0 Å². The number of thiazole rings is 1. The molecule has 3 aromatic rings. The van der Waals surface area contributed by atoms with E-state index in [9.17, 15) is 9.59 Å². The highest BCUT2D eigenvalue weighted by molar-refractivity contribution is 7.14. The minimum Gasteiger partial charge on any atom is -0.481 e. The van der Waals surface area contributed by atoms with Crippen molar-refractivity contribution in [3.05, 3.63) is 71.6 Å². The molecule has 0 fully saturated rings. The van der Waals surface area contributed by atoms with Crippen molar-refractivity contribution < 1.29 is 14.7 Å². The maximum absolute atomic E-state index is 12.4. The molecule has 0 radical (unpaired) electrons. The van der Waals surface area contributed by atoms with E-state index >= 15 is 0 Å². The molecule has 6 heteroatoms. The summed E-state index contributed by atoms with van der Waals surface area (Å²) in [4.78, 5) is 28.0.